The van der Waals surface area contributed by atoms with Crippen LogP contribution >= 0.6 is 11.6 Å². The highest BCUT2D eigenvalue weighted by atomic mass is 35.5. The van der Waals surface area contributed by atoms with Crippen molar-refractivity contribution in [1.29, 1.82) is 0 Å². The van der Waals surface area contributed by atoms with Gasteiger partial charge in [-0.15, -0.1) is 0 Å². The zero-order valence-corrected chi connectivity index (χ0v) is 12.8. The Hall–Kier alpha value is -1.27. The molecule has 0 spiro atoms. The minimum absolute atomic E-state index is 0.203. The van der Waals surface area contributed by atoms with Crippen molar-refractivity contribution in [2.75, 3.05) is 16.3 Å². The molecule has 2 N–H and O–H groups in total. The van der Waals surface area contributed by atoms with Crippen LogP contribution in [-0.2, 0) is 14.8 Å². The van der Waals surface area contributed by atoms with E-state index in [4.69, 9.17) is 11.6 Å². The number of amides is 1. The molecule has 0 saturated carbocycles. The fraction of sp³-hybridized carbons (Fsp3) is 0.417. The van der Waals surface area contributed by atoms with Gasteiger partial charge < -0.3 is 5.32 Å². The van der Waals surface area contributed by atoms with Crippen LogP contribution < -0.4 is 10.0 Å². The van der Waals surface area contributed by atoms with Gasteiger partial charge in [0.25, 0.3) is 0 Å². The molecule has 0 heterocycles. The molecule has 0 aliphatic rings. The van der Waals surface area contributed by atoms with Crippen molar-refractivity contribution in [2.45, 2.75) is 20.8 Å². The van der Waals surface area contributed by atoms with Crippen LogP contribution in [0.25, 0.3) is 0 Å². The third-order valence-electron chi connectivity index (χ3n) is 2.20. The molecule has 0 bridgehead atoms. The zero-order valence-electron chi connectivity index (χ0n) is 11.2. The van der Waals surface area contributed by atoms with Crippen molar-refractivity contribution in [3.63, 3.8) is 0 Å². The zero-order chi connectivity index (χ0) is 14.8. The van der Waals surface area contributed by atoms with E-state index >= 15 is 0 Å². The highest BCUT2D eigenvalue weighted by Gasteiger charge is 2.22. The Kier molecular flexibility index (Phi) is 4.47. The van der Waals surface area contributed by atoms with E-state index in [0.717, 1.165) is 6.26 Å². The molecule has 7 heteroatoms. The molecular weight excluding hydrogens is 288 g/mol. The van der Waals surface area contributed by atoms with Crippen molar-refractivity contribution < 1.29 is 13.2 Å². The first kappa shape index (κ1) is 15.8. The summed E-state index contributed by atoms with van der Waals surface area (Å²) in [6, 6.07) is 4.52. The molecule has 1 rings (SSSR count). The SMILES string of the molecule is CC(C)(C)C(=O)Nc1cc(NS(C)(=O)=O)ccc1Cl. The first-order valence-electron chi connectivity index (χ1n) is 5.58. The molecule has 19 heavy (non-hydrogen) atoms. The Morgan fingerprint density at radius 3 is 2.32 bits per heavy atom. The van der Waals surface area contributed by atoms with E-state index in [2.05, 4.69) is 10.0 Å². The van der Waals surface area contributed by atoms with E-state index in [0.29, 0.717) is 16.4 Å². The van der Waals surface area contributed by atoms with Gasteiger partial charge in [0.05, 0.1) is 22.7 Å². The lowest BCUT2D eigenvalue weighted by Gasteiger charge is -2.18. The average molecular weight is 305 g/mol. The van der Waals surface area contributed by atoms with Crippen molar-refractivity contribution >= 4 is 38.9 Å². The molecule has 1 amide bonds. The Morgan fingerprint density at radius 2 is 1.84 bits per heavy atom. The number of hydrogen-bond acceptors (Lipinski definition) is 3. The molecule has 0 saturated heterocycles. The predicted octanol–water partition coefficient (Wildman–Crippen LogP) is 2.70. The van der Waals surface area contributed by atoms with Gasteiger partial charge in [-0.1, -0.05) is 32.4 Å². The largest absolute Gasteiger partial charge is 0.324 e. The maximum absolute atomic E-state index is 11.9. The van der Waals surface area contributed by atoms with E-state index in [-0.39, 0.29) is 5.91 Å². The molecule has 5 nitrogen and oxygen atoms in total. The maximum Gasteiger partial charge on any atom is 0.229 e. The molecule has 1 aromatic rings. The van der Waals surface area contributed by atoms with E-state index in [1.54, 1.807) is 20.8 Å². The van der Waals surface area contributed by atoms with Crippen molar-refractivity contribution in [1.82, 2.24) is 0 Å². The fourth-order valence-electron chi connectivity index (χ4n) is 1.21. The Bertz CT molecular complexity index is 591. The highest BCUT2D eigenvalue weighted by Crippen LogP contribution is 2.27. The summed E-state index contributed by atoms with van der Waals surface area (Å²) in [5.41, 5.74) is 0.148. The predicted molar refractivity (Wildman–Crippen MR) is 78.0 cm³/mol. The lowest BCUT2D eigenvalue weighted by atomic mass is 9.95. The number of rotatable bonds is 3. The number of carbonyl (C=O) groups excluding carboxylic acids is 1. The van der Waals surface area contributed by atoms with Gasteiger partial charge in [0, 0.05) is 5.41 Å². The molecule has 0 unspecified atom stereocenters. The van der Waals surface area contributed by atoms with Crippen LogP contribution in [0.15, 0.2) is 18.2 Å². The standard InChI is InChI=1S/C12H17ClN2O3S/c1-12(2,3)11(16)14-10-7-8(5-6-9(10)13)15-19(4,17)18/h5-7,15H,1-4H3,(H,14,16). The van der Waals surface area contributed by atoms with E-state index in [9.17, 15) is 13.2 Å². The van der Waals surface area contributed by atoms with Crippen LogP contribution in [0, 0.1) is 5.41 Å². The summed E-state index contributed by atoms with van der Waals surface area (Å²) >= 11 is 5.97. The molecule has 0 fully saturated rings. The molecule has 106 valence electrons. The van der Waals surface area contributed by atoms with Gasteiger partial charge in [-0.3, -0.25) is 9.52 Å². The number of anilines is 2. The summed E-state index contributed by atoms with van der Waals surface area (Å²) in [4.78, 5) is 11.9. The monoisotopic (exact) mass is 304 g/mol. The summed E-state index contributed by atoms with van der Waals surface area (Å²) in [5, 5.41) is 3.01. The van der Waals surface area contributed by atoms with Gasteiger partial charge in [0.1, 0.15) is 0 Å². The second-order valence-corrected chi connectivity index (χ2v) is 7.43. The quantitative estimate of drug-likeness (QED) is 0.901. The summed E-state index contributed by atoms with van der Waals surface area (Å²) in [7, 11) is -3.37. The van der Waals surface area contributed by atoms with Crippen LogP contribution in [0.4, 0.5) is 11.4 Å². The van der Waals surface area contributed by atoms with Crippen LogP contribution in [0.2, 0.25) is 5.02 Å². The summed E-state index contributed by atoms with van der Waals surface area (Å²) in [6.45, 7) is 5.32. The van der Waals surface area contributed by atoms with Crippen LogP contribution in [0.3, 0.4) is 0 Å². The fourth-order valence-corrected chi connectivity index (χ4v) is 1.93. The number of halogens is 1. The van der Waals surface area contributed by atoms with Gasteiger partial charge in [0.15, 0.2) is 0 Å². The molecular formula is C12H17ClN2O3S. The van der Waals surface area contributed by atoms with Crippen LogP contribution in [0.1, 0.15) is 20.8 Å². The number of carbonyl (C=O) groups is 1. The first-order valence-corrected chi connectivity index (χ1v) is 7.85. The molecule has 0 radical (unpaired) electrons. The minimum atomic E-state index is -3.37. The number of nitrogens with one attached hydrogen (secondary N) is 2. The second-order valence-electron chi connectivity index (χ2n) is 5.27. The summed E-state index contributed by atoms with van der Waals surface area (Å²) < 4.78 is 24.6. The van der Waals surface area contributed by atoms with Gasteiger partial charge in [0.2, 0.25) is 15.9 Å². The van der Waals surface area contributed by atoms with Crippen molar-refractivity contribution in [2.24, 2.45) is 5.41 Å². The van der Waals surface area contributed by atoms with Crippen molar-refractivity contribution in [3.05, 3.63) is 23.2 Å². The Balaban J connectivity index is 3.02. The lowest BCUT2D eigenvalue weighted by molar-refractivity contribution is -0.123. The van der Waals surface area contributed by atoms with Crippen LogP contribution in [-0.4, -0.2) is 20.6 Å². The summed E-state index contributed by atoms with van der Waals surface area (Å²) in [5.74, 6) is -0.203. The maximum atomic E-state index is 11.9. The van der Waals surface area contributed by atoms with Gasteiger partial charge >= 0.3 is 0 Å². The smallest absolute Gasteiger partial charge is 0.229 e. The Morgan fingerprint density at radius 1 is 1.26 bits per heavy atom. The summed E-state index contributed by atoms with van der Waals surface area (Å²) in [6.07, 6.45) is 1.05. The van der Waals surface area contributed by atoms with Gasteiger partial charge in [-0.25, -0.2) is 8.42 Å². The Labute approximate surface area is 118 Å². The first-order chi connectivity index (χ1) is 8.49. The van der Waals surface area contributed by atoms with Gasteiger partial charge in [-0.2, -0.15) is 0 Å². The molecule has 0 aromatic heterocycles. The second kappa shape index (κ2) is 5.38. The average Bonchev–Trinajstić information content (AvgIpc) is 2.19. The van der Waals surface area contributed by atoms with Gasteiger partial charge in [-0.05, 0) is 18.2 Å². The molecule has 1 aromatic carbocycles. The normalized spacial score (nSPS) is 12.1. The number of sulfonamides is 1. The third-order valence-corrected chi connectivity index (χ3v) is 3.14. The number of hydrogen-bond donors (Lipinski definition) is 2. The highest BCUT2D eigenvalue weighted by molar-refractivity contribution is 7.92. The molecule has 0 atom stereocenters. The molecule has 0 aliphatic heterocycles. The minimum Gasteiger partial charge on any atom is -0.324 e. The van der Waals surface area contributed by atoms with Crippen molar-refractivity contribution in [3.8, 4) is 0 Å². The van der Waals surface area contributed by atoms with E-state index in [1.807, 2.05) is 0 Å². The topological polar surface area (TPSA) is 75.3 Å². The van der Waals surface area contributed by atoms with E-state index < -0.39 is 15.4 Å². The third kappa shape index (κ3) is 5.08. The van der Waals surface area contributed by atoms with E-state index in [1.165, 1.54) is 18.2 Å². The lowest BCUT2D eigenvalue weighted by Crippen LogP contribution is -2.27. The molecule has 0 aliphatic carbocycles. The number of benzene rings is 1. The van der Waals surface area contributed by atoms with Crippen LogP contribution in [0.5, 0.6) is 0 Å².